The number of rotatable bonds is 1. The smallest absolute Gasteiger partial charge is 0.0746 e. The van der Waals surface area contributed by atoms with E-state index in [1.54, 1.807) is 0 Å². The zero-order chi connectivity index (χ0) is 11.8. The first-order valence-corrected chi connectivity index (χ1v) is 6.93. The van der Waals surface area contributed by atoms with Gasteiger partial charge in [-0.15, -0.1) is 0 Å². The summed E-state index contributed by atoms with van der Waals surface area (Å²) >= 11 is 0. The largest absolute Gasteiger partial charge is 0.391 e. The second kappa shape index (κ2) is 4.66. The van der Waals surface area contributed by atoms with Crippen molar-refractivity contribution in [1.82, 2.24) is 4.90 Å². The number of aliphatic hydroxyl groups is 1. The van der Waals surface area contributed by atoms with Gasteiger partial charge in [0.15, 0.2) is 0 Å². The normalized spacial score (nSPS) is 40.9. The van der Waals surface area contributed by atoms with Crippen molar-refractivity contribution in [3.8, 4) is 0 Å². The van der Waals surface area contributed by atoms with Gasteiger partial charge in [0.05, 0.1) is 6.10 Å². The predicted molar refractivity (Wildman–Crippen MR) is 67.4 cm³/mol. The van der Waals surface area contributed by atoms with Crippen LogP contribution in [0.3, 0.4) is 0 Å². The minimum Gasteiger partial charge on any atom is -0.391 e. The number of likely N-dealkylation sites (tertiary alicyclic amines) is 1. The zero-order valence-corrected chi connectivity index (χ0v) is 11.1. The quantitative estimate of drug-likeness (QED) is 0.741. The van der Waals surface area contributed by atoms with Crippen LogP contribution in [0.4, 0.5) is 0 Å². The first-order valence-electron chi connectivity index (χ1n) is 6.93. The molecule has 1 saturated heterocycles. The van der Waals surface area contributed by atoms with Crippen LogP contribution in [0.15, 0.2) is 0 Å². The molecule has 2 aliphatic rings. The Kier molecular flexibility index (Phi) is 3.60. The minimum absolute atomic E-state index is 0.124. The molecular weight excluding hydrogens is 198 g/mol. The van der Waals surface area contributed by atoms with Gasteiger partial charge in [-0.1, -0.05) is 20.8 Å². The molecule has 0 aromatic carbocycles. The molecule has 16 heavy (non-hydrogen) atoms. The van der Waals surface area contributed by atoms with E-state index in [-0.39, 0.29) is 11.5 Å². The first kappa shape index (κ1) is 12.4. The maximum absolute atomic E-state index is 10.4. The summed E-state index contributed by atoms with van der Waals surface area (Å²) in [6.07, 6.45) is 6.21. The van der Waals surface area contributed by atoms with Crippen molar-refractivity contribution in [2.75, 3.05) is 13.1 Å². The van der Waals surface area contributed by atoms with Crippen LogP contribution in [-0.2, 0) is 0 Å². The molecule has 94 valence electrons. The molecule has 2 rings (SSSR count). The molecule has 2 heteroatoms. The van der Waals surface area contributed by atoms with Gasteiger partial charge >= 0.3 is 0 Å². The molecule has 1 saturated carbocycles. The molecule has 0 aromatic rings. The average molecular weight is 225 g/mol. The Labute approximate surface area is 100 Å². The highest BCUT2D eigenvalue weighted by molar-refractivity contribution is 4.96. The van der Waals surface area contributed by atoms with E-state index in [0.717, 1.165) is 5.92 Å². The second-order valence-electron chi connectivity index (χ2n) is 6.61. The van der Waals surface area contributed by atoms with Crippen LogP contribution in [-0.4, -0.2) is 35.2 Å². The predicted octanol–water partition coefficient (Wildman–Crippen LogP) is 2.66. The third kappa shape index (κ3) is 2.43. The van der Waals surface area contributed by atoms with E-state index < -0.39 is 0 Å². The summed E-state index contributed by atoms with van der Waals surface area (Å²) in [5, 5.41) is 10.4. The lowest BCUT2D eigenvalue weighted by atomic mass is 9.88. The number of hydrogen-bond donors (Lipinski definition) is 1. The van der Waals surface area contributed by atoms with E-state index in [9.17, 15) is 5.11 Å². The fraction of sp³-hybridized carbons (Fsp3) is 1.00. The van der Waals surface area contributed by atoms with Crippen LogP contribution < -0.4 is 0 Å². The van der Waals surface area contributed by atoms with Gasteiger partial charge in [0.2, 0.25) is 0 Å². The van der Waals surface area contributed by atoms with E-state index in [1.165, 1.54) is 45.2 Å². The second-order valence-corrected chi connectivity index (χ2v) is 6.61. The van der Waals surface area contributed by atoms with Gasteiger partial charge in [-0.2, -0.15) is 0 Å². The topological polar surface area (TPSA) is 23.5 Å². The highest BCUT2D eigenvalue weighted by Crippen LogP contribution is 2.40. The average Bonchev–Trinajstić information content (AvgIpc) is 2.42. The van der Waals surface area contributed by atoms with Gasteiger partial charge in [-0.25, -0.2) is 0 Å². The van der Waals surface area contributed by atoms with Crippen LogP contribution >= 0.6 is 0 Å². The van der Waals surface area contributed by atoms with E-state index in [1.807, 2.05) is 0 Å². The molecule has 2 fully saturated rings. The highest BCUT2D eigenvalue weighted by Gasteiger charge is 2.43. The highest BCUT2D eigenvalue weighted by atomic mass is 16.3. The van der Waals surface area contributed by atoms with Gasteiger partial charge in [-0.05, 0) is 56.5 Å². The zero-order valence-electron chi connectivity index (χ0n) is 11.1. The number of nitrogens with zero attached hydrogens (tertiary/aromatic N) is 1. The third-order valence-corrected chi connectivity index (χ3v) is 4.77. The van der Waals surface area contributed by atoms with Crippen molar-refractivity contribution in [3.05, 3.63) is 0 Å². The van der Waals surface area contributed by atoms with E-state index >= 15 is 0 Å². The standard InChI is InChI=1S/C14H27NO/c1-11-5-4-9-15(10-7-11)12-6-8-14(2,3)13(12)16/h11-13,16H,4-10H2,1-3H3. The summed E-state index contributed by atoms with van der Waals surface area (Å²) in [7, 11) is 0. The molecule has 3 atom stereocenters. The van der Waals surface area contributed by atoms with Crippen molar-refractivity contribution in [3.63, 3.8) is 0 Å². The van der Waals surface area contributed by atoms with Gasteiger partial charge in [-0.3, -0.25) is 4.90 Å². The Morgan fingerprint density at radius 2 is 1.88 bits per heavy atom. The molecule has 1 aliphatic carbocycles. The molecule has 0 bridgehead atoms. The Morgan fingerprint density at radius 3 is 2.50 bits per heavy atom. The number of hydrogen-bond acceptors (Lipinski definition) is 2. The van der Waals surface area contributed by atoms with E-state index in [4.69, 9.17) is 0 Å². The number of aliphatic hydroxyl groups excluding tert-OH is 1. The summed E-state index contributed by atoms with van der Waals surface area (Å²) in [6, 6.07) is 0.431. The van der Waals surface area contributed by atoms with Crippen LogP contribution in [0.1, 0.15) is 52.9 Å². The van der Waals surface area contributed by atoms with Gasteiger partial charge in [0, 0.05) is 6.04 Å². The molecule has 0 radical (unpaired) electrons. The minimum atomic E-state index is -0.124. The summed E-state index contributed by atoms with van der Waals surface area (Å²) < 4.78 is 0. The van der Waals surface area contributed by atoms with Crippen LogP contribution in [0.25, 0.3) is 0 Å². The maximum atomic E-state index is 10.4. The van der Waals surface area contributed by atoms with Crippen molar-refractivity contribution in [1.29, 1.82) is 0 Å². The maximum Gasteiger partial charge on any atom is 0.0746 e. The SMILES string of the molecule is CC1CCCN(C2CCC(C)(C)C2O)CC1. The Morgan fingerprint density at radius 1 is 1.12 bits per heavy atom. The molecule has 1 heterocycles. The molecular formula is C14H27NO. The van der Waals surface area contributed by atoms with Crippen LogP contribution in [0.5, 0.6) is 0 Å². The first-order chi connectivity index (χ1) is 7.50. The van der Waals surface area contributed by atoms with Crippen molar-refractivity contribution >= 4 is 0 Å². The third-order valence-electron chi connectivity index (χ3n) is 4.77. The Balaban J connectivity index is 1.97. The van der Waals surface area contributed by atoms with Crippen molar-refractivity contribution in [2.24, 2.45) is 11.3 Å². The monoisotopic (exact) mass is 225 g/mol. The summed E-state index contributed by atoms with van der Waals surface area (Å²) in [4.78, 5) is 2.56. The van der Waals surface area contributed by atoms with Gasteiger partial charge < -0.3 is 5.11 Å². The summed E-state index contributed by atoms with van der Waals surface area (Å²) in [5.41, 5.74) is 0.128. The van der Waals surface area contributed by atoms with E-state index in [0.29, 0.717) is 6.04 Å². The fourth-order valence-corrected chi connectivity index (χ4v) is 3.35. The van der Waals surface area contributed by atoms with E-state index in [2.05, 4.69) is 25.7 Å². The molecule has 2 nitrogen and oxygen atoms in total. The molecule has 0 amide bonds. The lowest BCUT2D eigenvalue weighted by Gasteiger charge is -2.33. The lowest BCUT2D eigenvalue weighted by Crippen LogP contribution is -2.44. The Bertz CT molecular complexity index is 239. The molecule has 3 unspecified atom stereocenters. The van der Waals surface area contributed by atoms with Crippen molar-refractivity contribution in [2.45, 2.75) is 65.0 Å². The fourth-order valence-electron chi connectivity index (χ4n) is 3.35. The Hall–Kier alpha value is -0.0800. The van der Waals surface area contributed by atoms with Gasteiger partial charge in [0.1, 0.15) is 0 Å². The molecule has 1 aliphatic heterocycles. The van der Waals surface area contributed by atoms with Gasteiger partial charge in [0.25, 0.3) is 0 Å². The summed E-state index contributed by atoms with van der Waals surface area (Å²) in [6.45, 7) is 9.16. The molecule has 0 spiro atoms. The molecule has 0 aromatic heterocycles. The van der Waals surface area contributed by atoms with Crippen LogP contribution in [0.2, 0.25) is 0 Å². The van der Waals surface area contributed by atoms with Crippen molar-refractivity contribution < 1.29 is 5.11 Å². The summed E-state index contributed by atoms with van der Waals surface area (Å²) in [5.74, 6) is 0.872. The lowest BCUT2D eigenvalue weighted by molar-refractivity contribution is 0.0154. The van der Waals surface area contributed by atoms with Crippen LogP contribution in [0, 0.1) is 11.3 Å². The molecule has 1 N–H and O–H groups in total.